The molecule has 2 aromatic rings. The Morgan fingerprint density at radius 1 is 1.10 bits per heavy atom. The lowest BCUT2D eigenvalue weighted by Crippen LogP contribution is -2.38. The fourth-order valence-electron chi connectivity index (χ4n) is 3.24. The third-order valence-corrected chi connectivity index (χ3v) is 4.48. The molecule has 2 heteroatoms. The number of fused-ring (bicyclic) bond motifs is 1. The summed E-state index contributed by atoms with van der Waals surface area (Å²) in [6.45, 7) is 1.83. The number of hydrogen-bond donors (Lipinski definition) is 1. The minimum Gasteiger partial charge on any atom is -0.381 e. The Labute approximate surface area is 121 Å². The highest BCUT2D eigenvalue weighted by Gasteiger charge is 2.22. The van der Waals surface area contributed by atoms with Gasteiger partial charge in [0.15, 0.2) is 0 Å². The number of benzene rings is 2. The molecule has 0 bridgehead atoms. The van der Waals surface area contributed by atoms with Gasteiger partial charge in [-0.3, -0.25) is 0 Å². The maximum atomic E-state index is 5.47. The largest absolute Gasteiger partial charge is 0.381 e. The van der Waals surface area contributed by atoms with Crippen LogP contribution in [0.4, 0.5) is 0 Å². The molecule has 1 atom stereocenters. The molecule has 0 radical (unpaired) electrons. The van der Waals surface area contributed by atoms with Gasteiger partial charge in [0, 0.05) is 19.3 Å². The Kier molecular flexibility index (Phi) is 4.34. The zero-order valence-electron chi connectivity index (χ0n) is 12.1. The van der Waals surface area contributed by atoms with Crippen LogP contribution in [0.5, 0.6) is 0 Å². The molecule has 0 aromatic heterocycles. The second-order valence-electron chi connectivity index (χ2n) is 5.73. The Balaban J connectivity index is 1.76. The van der Waals surface area contributed by atoms with E-state index in [1.165, 1.54) is 29.2 Å². The van der Waals surface area contributed by atoms with E-state index in [1.807, 2.05) is 0 Å². The first-order valence-electron chi connectivity index (χ1n) is 7.59. The van der Waals surface area contributed by atoms with Crippen LogP contribution in [0.1, 0.15) is 18.4 Å². The Bertz CT molecular complexity index is 560. The fourth-order valence-corrected chi connectivity index (χ4v) is 3.24. The van der Waals surface area contributed by atoms with E-state index in [-0.39, 0.29) is 0 Å². The molecule has 1 aliphatic heterocycles. The van der Waals surface area contributed by atoms with Gasteiger partial charge in [0.25, 0.3) is 0 Å². The predicted molar refractivity (Wildman–Crippen MR) is 84.0 cm³/mol. The molecule has 0 saturated carbocycles. The molecule has 1 saturated heterocycles. The molecule has 0 spiro atoms. The van der Waals surface area contributed by atoms with Crippen molar-refractivity contribution in [1.82, 2.24) is 5.32 Å². The lowest BCUT2D eigenvalue weighted by molar-refractivity contribution is 0.0547. The summed E-state index contributed by atoms with van der Waals surface area (Å²) in [5.41, 5.74) is 1.43. The van der Waals surface area contributed by atoms with Crippen molar-refractivity contribution in [3.8, 4) is 0 Å². The van der Waals surface area contributed by atoms with Gasteiger partial charge in [-0.2, -0.15) is 0 Å². The molecule has 0 amide bonds. The Morgan fingerprint density at radius 2 is 1.85 bits per heavy atom. The zero-order chi connectivity index (χ0) is 13.8. The Hall–Kier alpha value is -1.38. The minimum absolute atomic E-state index is 0.556. The monoisotopic (exact) mass is 269 g/mol. The summed E-state index contributed by atoms with van der Waals surface area (Å²) in [6, 6.07) is 16.0. The molecule has 0 aliphatic carbocycles. The second kappa shape index (κ2) is 6.38. The molecule has 1 heterocycles. The predicted octanol–water partition coefficient (Wildman–Crippen LogP) is 3.40. The molecular formula is C18H23NO. The van der Waals surface area contributed by atoms with Gasteiger partial charge >= 0.3 is 0 Å². The van der Waals surface area contributed by atoms with Crippen molar-refractivity contribution < 1.29 is 4.74 Å². The van der Waals surface area contributed by atoms with Gasteiger partial charge in [0.2, 0.25) is 0 Å². The molecule has 20 heavy (non-hydrogen) atoms. The first kappa shape index (κ1) is 13.6. The highest BCUT2D eigenvalue weighted by Crippen LogP contribution is 2.23. The van der Waals surface area contributed by atoms with Crippen LogP contribution in [-0.2, 0) is 11.2 Å². The third kappa shape index (κ3) is 3.02. The van der Waals surface area contributed by atoms with Crippen molar-refractivity contribution in [1.29, 1.82) is 0 Å². The van der Waals surface area contributed by atoms with Crippen LogP contribution in [0, 0.1) is 5.92 Å². The molecule has 1 aliphatic rings. The van der Waals surface area contributed by atoms with Gasteiger partial charge in [-0.1, -0.05) is 42.5 Å². The first-order valence-corrected chi connectivity index (χ1v) is 7.59. The smallest absolute Gasteiger partial charge is 0.0469 e. The van der Waals surface area contributed by atoms with Crippen molar-refractivity contribution >= 4 is 10.8 Å². The highest BCUT2D eigenvalue weighted by atomic mass is 16.5. The summed E-state index contributed by atoms with van der Waals surface area (Å²) in [7, 11) is 2.08. The van der Waals surface area contributed by atoms with Crippen LogP contribution >= 0.6 is 0 Å². The average molecular weight is 269 g/mol. The number of hydrogen-bond acceptors (Lipinski definition) is 2. The SMILES string of the molecule is CNC(Cc1ccc2ccccc2c1)C1CCOCC1. The molecule has 2 aromatic carbocycles. The van der Waals surface area contributed by atoms with E-state index in [0.717, 1.165) is 25.6 Å². The van der Waals surface area contributed by atoms with E-state index in [9.17, 15) is 0 Å². The standard InChI is InChI=1S/C18H23NO/c1-19-18(16-8-10-20-11-9-16)13-14-6-7-15-4-2-3-5-17(15)12-14/h2-7,12,16,18-19H,8-11,13H2,1H3. The van der Waals surface area contributed by atoms with Crippen molar-refractivity contribution in [3.05, 3.63) is 48.0 Å². The molecule has 106 valence electrons. The van der Waals surface area contributed by atoms with Gasteiger partial charge < -0.3 is 10.1 Å². The molecule has 2 nitrogen and oxygen atoms in total. The van der Waals surface area contributed by atoms with E-state index < -0.39 is 0 Å². The van der Waals surface area contributed by atoms with Gasteiger partial charge in [-0.15, -0.1) is 0 Å². The number of ether oxygens (including phenoxy) is 1. The molecule has 1 N–H and O–H groups in total. The quantitative estimate of drug-likeness (QED) is 0.918. The molecule has 1 fully saturated rings. The van der Waals surface area contributed by atoms with Crippen LogP contribution in [0.25, 0.3) is 10.8 Å². The minimum atomic E-state index is 0.556. The van der Waals surface area contributed by atoms with Crippen LogP contribution in [0.2, 0.25) is 0 Å². The lowest BCUT2D eigenvalue weighted by Gasteiger charge is -2.30. The van der Waals surface area contributed by atoms with Crippen LogP contribution in [-0.4, -0.2) is 26.3 Å². The second-order valence-corrected chi connectivity index (χ2v) is 5.73. The van der Waals surface area contributed by atoms with Crippen molar-refractivity contribution in [2.24, 2.45) is 5.92 Å². The fraction of sp³-hybridized carbons (Fsp3) is 0.444. The van der Waals surface area contributed by atoms with Gasteiger partial charge in [0.1, 0.15) is 0 Å². The van der Waals surface area contributed by atoms with Crippen LogP contribution in [0.3, 0.4) is 0 Å². The molecule has 3 rings (SSSR count). The van der Waals surface area contributed by atoms with E-state index in [4.69, 9.17) is 4.74 Å². The number of nitrogens with one attached hydrogen (secondary N) is 1. The summed E-state index contributed by atoms with van der Waals surface area (Å²) < 4.78 is 5.47. The highest BCUT2D eigenvalue weighted by molar-refractivity contribution is 5.82. The summed E-state index contributed by atoms with van der Waals surface area (Å²) in [4.78, 5) is 0. The van der Waals surface area contributed by atoms with E-state index in [2.05, 4.69) is 54.8 Å². The lowest BCUT2D eigenvalue weighted by atomic mass is 9.87. The summed E-state index contributed by atoms with van der Waals surface area (Å²) in [5, 5.41) is 6.17. The van der Waals surface area contributed by atoms with E-state index >= 15 is 0 Å². The summed E-state index contributed by atoms with van der Waals surface area (Å²) in [6.07, 6.45) is 3.46. The maximum Gasteiger partial charge on any atom is 0.0469 e. The van der Waals surface area contributed by atoms with Crippen LogP contribution < -0.4 is 5.32 Å². The van der Waals surface area contributed by atoms with Gasteiger partial charge in [-0.25, -0.2) is 0 Å². The normalized spacial score (nSPS) is 18.2. The van der Waals surface area contributed by atoms with Gasteiger partial charge in [-0.05, 0) is 48.6 Å². The topological polar surface area (TPSA) is 21.3 Å². The van der Waals surface area contributed by atoms with Crippen molar-refractivity contribution in [2.75, 3.05) is 20.3 Å². The third-order valence-electron chi connectivity index (χ3n) is 4.48. The van der Waals surface area contributed by atoms with Gasteiger partial charge in [0.05, 0.1) is 0 Å². The average Bonchev–Trinajstić information content (AvgIpc) is 2.53. The zero-order valence-corrected chi connectivity index (χ0v) is 12.1. The summed E-state index contributed by atoms with van der Waals surface area (Å²) in [5.74, 6) is 0.736. The molecule has 1 unspecified atom stereocenters. The number of rotatable bonds is 4. The van der Waals surface area contributed by atoms with E-state index in [0.29, 0.717) is 6.04 Å². The molecular weight excluding hydrogens is 246 g/mol. The number of likely N-dealkylation sites (N-methyl/N-ethyl adjacent to an activating group) is 1. The summed E-state index contributed by atoms with van der Waals surface area (Å²) >= 11 is 0. The van der Waals surface area contributed by atoms with Crippen molar-refractivity contribution in [2.45, 2.75) is 25.3 Å². The van der Waals surface area contributed by atoms with E-state index in [1.54, 1.807) is 0 Å². The Morgan fingerprint density at radius 3 is 2.60 bits per heavy atom. The first-order chi connectivity index (χ1) is 9.86. The van der Waals surface area contributed by atoms with Crippen LogP contribution in [0.15, 0.2) is 42.5 Å². The maximum absolute atomic E-state index is 5.47. The van der Waals surface area contributed by atoms with Crippen molar-refractivity contribution in [3.63, 3.8) is 0 Å².